The third kappa shape index (κ3) is 2.79. The van der Waals surface area contributed by atoms with Crippen LogP contribution in [-0.2, 0) is 10.6 Å². The molecule has 1 aromatic rings. The molecule has 4 N–H and O–H groups in total. The van der Waals surface area contributed by atoms with Gasteiger partial charge >= 0.3 is 0 Å². The predicted molar refractivity (Wildman–Crippen MR) is 48.8 cm³/mol. The summed E-state index contributed by atoms with van der Waals surface area (Å²) in [5.41, 5.74) is 5.20. The molecule has 0 aliphatic carbocycles. The molecule has 0 unspecified atom stereocenters. The molecule has 0 aromatic carbocycles. The molecule has 1 heterocycles. The van der Waals surface area contributed by atoms with Crippen molar-refractivity contribution in [3.63, 3.8) is 0 Å². The number of aromatic nitrogens is 1. The zero-order valence-electron chi connectivity index (χ0n) is 7.55. The van der Waals surface area contributed by atoms with Gasteiger partial charge in [0.15, 0.2) is 5.79 Å². The minimum Gasteiger partial charge on any atom is -0.370 e. The topological polar surface area (TPSA) is 96.4 Å². The van der Waals surface area contributed by atoms with Crippen molar-refractivity contribution >= 4 is 5.91 Å². The average Bonchev–Trinajstić information content (AvgIpc) is 2.16. The molecule has 1 aromatic heterocycles. The molecule has 0 aliphatic heterocycles. The largest absolute Gasteiger partial charge is 0.370 e. The fraction of sp³-hybridized carbons (Fsp3) is 0.333. The first-order valence-electron chi connectivity index (χ1n) is 4.16. The molecule has 1 rings (SSSR count). The highest BCUT2D eigenvalue weighted by molar-refractivity contribution is 5.73. The second-order valence-electron chi connectivity index (χ2n) is 3.02. The minimum absolute atomic E-state index is 0.0741. The van der Waals surface area contributed by atoms with Crippen LogP contribution >= 0.6 is 0 Å². The fourth-order valence-corrected chi connectivity index (χ4v) is 1.06. The summed E-state index contributed by atoms with van der Waals surface area (Å²) in [6, 6.07) is 2.95. The zero-order valence-corrected chi connectivity index (χ0v) is 7.55. The summed E-state index contributed by atoms with van der Waals surface area (Å²) in [6.07, 6.45) is 2.70. The normalized spacial score (nSPS) is 11.3. The van der Waals surface area contributed by atoms with E-state index in [-0.39, 0.29) is 12.8 Å². The summed E-state index contributed by atoms with van der Waals surface area (Å²) in [7, 11) is 0. The summed E-state index contributed by atoms with van der Waals surface area (Å²) < 4.78 is 0. The summed E-state index contributed by atoms with van der Waals surface area (Å²) in [5, 5.41) is 19.1. The van der Waals surface area contributed by atoms with Crippen molar-refractivity contribution in [2.75, 3.05) is 0 Å². The van der Waals surface area contributed by atoms with E-state index in [1.807, 2.05) is 0 Å². The van der Waals surface area contributed by atoms with Crippen molar-refractivity contribution in [1.29, 1.82) is 0 Å². The third-order valence-corrected chi connectivity index (χ3v) is 1.86. The molecule has 0 aliphatic rings. The molecule has 0 bridgehead atoms. The van der Waals surface area contributed by atoms with Crippen molar-refractivity contribution in [3.8, 4) is 0 Å². The van der Waals surface area contributed by atoms with Gasteiger partial charge in [0.25, 0.3) is 0 Å². The van der Waals surface area contributed by atoms with Crippen LogP contribution < -0.4 is 5.73 Å². The van der Waals surface area contributed by atoms with E-state index < -0.39 is 11.7 Å². The van der Waals surface area contributed by atoms with Crippen molar-refractivity contribution in [3.05, 3.63) is 30.1 Å². The van der Waals surface area contributed by atoms with Gasteiger partial charge in [0.2, 0.25) is 5.91 Å². The molecule has 1 amide bonds. The Kier molecular flexibility index (Phi) is 3.16. The maximum atomic E-state index is 10.5. The Morgan fingerprint density at radius 2 is 2.00 bits per heavy atom. The molecule has 0 atom stereocenters. The number of aliphatic hydroxyl groups is 2. The summed E-state index contributed by atoms with van der Waals surface area (Å²) in [5.74, 6) is -2.58. The third-order valence-electron chi connectivity index (χ3n) is 1.86. The Hall–Kier alpha value is -1.46. The van der Waals surface area contributed by atoms with Gasteiger partial charge in [-0.25, -0.2) is 0 Å². The van der Waals surface area contributed by atoms with E-state index in [0.29, 0.717) is 5.56 Å². The first kappa shape index (κ1) is 10.6. The molecular formula is C9H12N2O3. The Morgan fingerprint density at radius 1 is 1.43 bits per heavy atom. The molecule has 76 valence electrons. The number of nitrogens with two attached hydrogens (primary N) is 1. The smallest absolute Gasteiger partial charge is 0.217 e. The van der Waals surface area contributed by atoms with Crippen LogP contribution in [0.15, 0.2) is 24.5 Å². The lowest BCUT2D eigenvalue weighted by molar-refractivity contribution is -0.176. The van der Waals surface area contributed by atoms with Crippen molar-refractivity contribution < 1.29 is 15.0 Å². The van der Waals surface area contributed by atoms with Crippen LogP contribution in [0.5, 0.6) is 0 Å². The van der Waals surface area contributed by atoms with Crippen LogP contribution in [-0.4, -0.2) is 21.1 Å². The lowest BCUT2D eigenvalue weighted by Crippen LogP contribution is -2.27. The summed E-state index contributed by atoms with van der Waals surface area (Å²) in [6.45, 7) is 0. The molecule has 14 heavy (non-hydrogen) atoms. The lowest BCUT2D eigenvalue weighted by atomic mass is 10.0. The van der Waals surface area contributed by atoms with E-state index in [1.165, 1.54) is 24.5 Å². The Morgan fingerprint density at radius 3 is 2.50 bits per heavy atom. The van der Waals surface area contributed by atoms with Crippen molar-refractivity contribution in [2.24, 2.45) is 5.73 Å². The van der Waals surface area contributed by atoms with E-state index in [4.69, 9.17) is 5.73 Å². The highest BCUT2D eigenvalue weighted by atomic mass is 16.5. The number of hydrogen-bond donors (Lipinski definition) is 3. The molecular weight excluding hydrogens is 184 g/mol. The summed E-state index contributed by atoms with van der Waals surface area (Å²) in [4.78, 5) is 14.2. The Balaban J connectivity index is 2.70. The van der Waals surface area contributed by atoms with Gasteiger partial charge in [0.1, 0.15) is 0 Å². The molecule has 0 radical (unpaired) electrons. The van der Waals surface area contributed by atoms with Crippen LogP contribution in [0.1, 0.15) is 18.4 Å². The maximum absolute atomic E-state index is 10.5. The van der Waals surface area contributed by atoms with Gasteiger partial charge in [-0.05, 0) is 12.1 Å². The molecule has 5 nitrogen and oxygen atoms in total. The number of nitrogens with zero attached hydrogens (tertiary/aromatic N) is 1. The van der Waals surface area contributed by atoms with Crippen molar-refractivity contribution in [2.45, 2.75) is 18.6 Å². The molecule has 0 fully saturated rings. The quantitative estimate of drug-likeness (QED) is 0.565. The highest BCUT2D eigenvalue weighted by Gasteiger charge is 2.25. The number of pyridine rings is 1. The van der Waals surface area contributed by atoms with E-state index >= 15 is 0 Å². The van der Waals surface area contributed by atoms with Crippen LogP contribution in [0, 0.1) is 0 Å². The number of primary amides is 1. The molecule has 5 heteroatoms. The van der Waals surface area contributed by atoms with Gasteiger partial charge in [-0.2, -0.15) is 0 Å². The SMILES string of the molecule is NC(=O)CCC(O)(O)c1ccncc1. The fourth-order valence-electron chi connectivity index (χ4n) is 1.06. The lowest BCUT2D eigenvalue weighted by Gasteiger charge is -2.20. The van der Waals surface area contributed by atoms with Crippen LogP contribution in [0.3, 0.4) is 0 Å². The first-order chi connectivity index (χ1) is 6.52. The second kappa shape index (κ2) is 4.17. The monoisotopic (exact) mass is 196 g/mol. The van der Waals surface area contributed by atoms with Crippen LogP contribution in [0.4, 0.5) is 0 Å². The molecule has 0 saturated heterocycles. The first-order valence-corrected chi connectivity index (χ1v) is 4.16. The molecule has 0 saturated carbocycles. The standard InChI is InChI=1S/C9H12N2O3/c10-8(12)1-4-9(13,14)7-2-5-11-6-3-7/h2-3,5-6,13-14H,1,4H2,(H2,10,12). The maximum Gasteiger partial charge on any atom is 0.217 e. The molecule has 0 spiro atoms. The second-order valence-corrected chi connectivity index (χ2v) is 3.02. The van der Waals surface area contributed by atoms with Gasteiger partial charge in [0.05, 0.1) is 0 Å². The van der Waals surface area contributed by atoms with Gasteiger partial charge in [0, 0.05) is 30.8 Å². The van der Waals surface area contributed by atoms with Crippen LogP contribution in [0.2, 0.25) is 0 Å². The van der Waals surface area contributed by atoms with E-state index in [9.17, 15) is 15.0 Å². The van der Waals surface area contributed by atoms with Crippen molar-refractivity contribution in [1.82, 2.24) is 4.98 Å². The highest BCUT2D eigenvalue weighted by Crippen LogP contribution is 2.22. The average molecular weight is 196 g/mol. The number of hydrogen-bond acceptors (Lipinski definition) is 4. The van der Waals surface area contributed by atoms with Gasteiger partial charge in [-0.3, -0.25) is 9.78 Å². The van der Waals surface area contributed by atoms with Crippen LogP contribution in [0.25, 0.3) is 0 Å². The Labute approximate surface area is 81.2 Å². The number of rotatable bonds is 4. The number of carbonyl (C=O) groups excluding carboxylic acids is 1. The van der Waals surface area contributed by atoms with E-state index in [0.717, 1.165) is 0 Å². The van der Waals surface area contributed by atoms with Gasteiger partial charge in [-0.15, -0.1) is 0 Å². The van der Waals surface area contributed by atoms with E-state index in [2.05, 4.69) is 4.98 Å². The van der Waals surface area contributed by atoms with Gasteiger partial charge in [-0.1, -0.05) is 0 Å². The predicted octanol–water partition coefficient (Wildman–Crippen LogP) is -0.516. The number of amides is 1. The van der Waals surface area contributed by atoms with Gasteiger partial charge < -0.3 is 15.9 Å². The zero-order chi connectivity index (χ0) is 10.6. The minimum atomic E-state index is -2.02. The number of carbonyl (C=O) groups is 1. The summed E-state index contributed by atoms with van der Waals surface area (Å²) >= 11 is 0. The van der Waals surface area contributed by atoms with E-state index in [1.54, 1.807) is 0 Å². The Bertz CT molecular complexity index is 311.